The molecule has 1 aromatic heterocycles. The molecule has 0 bridgehead atoms. The second-order valence-electron chi connectivity index (χ2n) is 6.15. The summed E-state index contributed by atoms with van der Waals surface area (Å²) in [6, 6.07) is 15.2. The molecule has 6 heteroatoms. The van der Waals surface area contributed by atoms with Crippen LogP contribution in [0, 0.1) is 13.8 Å². The zero-order valence-corrected chi connectivity index (χ0v) is 15.6. The second kappa shape index (κ2) is 8.31. The number of carbonyl (C=O) groups excluding carboxylic acids is 1. The maximum atomic E-state index is 12.6. The molecule has 3 rings (SSSR count). The van der Waals surface area contributed by atoms with Crippen molar-refractivity contribution < 1.29 is 9.53 Å². The van der Waals surface area contributed by atoms with Crippen molar-refractivity contribution in [1.29, 1.82) is 0 Å². The molecule has 1 amide bonds. The highest BCUT2D eigenvalue weighted by Crippen LogP contribution is 2.20. The summed E-state index contributed by atoms with van der Waals surface area (Å²) >= 11 is 0. The Morgan fingerprint density at radius 3 is 2.52 bits per heavy atom. The minimum absolute atomic E-state index is 0.268. The van der Waals surface area contributed by atoms with Crippen LogP contribution in [0.1, 0.15) is 27.2 Å². The predicted molar refractivity (Wildman–Crippen MR) is 106 cm³/mol. The van der Waals surface area contributed by atoms with Crippen molar-refractivity contribution in [3.8, 4) is 5.75 Å². The number of hydrogen-bond acceptors (Lipinski definition) is 5. The lowest BCUT2D eigenvalue weighted by Crippen LogP contribution is -2.16. The molecule has 3 aromatic rings. The van der Waals surface area contributed by atoms with Gasteiger partial charge in [0.15, 0.2) is 0 Å². The number of rotatable bonds is 6. The molecule has 138 valence electrons. The molecular weight excluding hydrogens is 340 g/mol. The fourth-order valence-corrected chi connectivity index (χ4v) is 2.78. The van der Waals surface area contributed by atoms with Crippen molar-refractivity contribution in [2.45, 2.75) is 20.4 Å². The summed E-state index contributed by atoms with van der Waals surface area (Å²) in [4.78, 5) is 21.1. The topological polar surface area (TPSA) is 76.1 Å². The van der Waals surface area contributed by atoms with E-state index in [-0.39, 0.29) is 5.91 Å². The zero-order valence-electron chi connectivity index (χ0n) is 15.6. The molecule has 0 spiro atoms. The van der Waals surface area contributed by atoms with Gasteiger partial charge in [-0.2, -0.15) is 0 Å². The van der Waals surface area contributed by atoms with E-state index in [1.807, 2.05) is 56.3 Å². The Labute approximate surface area is 158 Å². The predicted octanol–water partition coefficient (Wildman–Crippen LogP) is 3.97. The number of ether oxygens (including phenoxy) is 1. The summed E-state index contributed by atoms with van der Waals surface area (Å²) in [5.41, 5.74) is 4.10. The largest absolute Gasteiger partial charge is 0.496 e. The fraction of sp³-hybridized carbons (Fsp3) is 0.190. The van der Waals surface area contributed by atoms with Crippen LogP contribution in [0.3, 0.4) is 0 Å². The van der Waals surface area contributed by atoms with Crippen LogP contribution in [0.2, 0.25) is 0 Å². The van der Waals surface area contributed by atoms with Crippen LogP contribution in [0.15, 0.2) is 54.7 Å². The Hall–Kier alpha value is -3.41. The van der Waals surface area contributed by atoms with E-state index in [9.17, 15) is 4.79 Å². The number of para-hydroxylation sites is 2. The normalized spacial score (nSPS) is 10.3. The highest BCUT2D eigenvalue weighted by Gasteiger charge is 2.12. The number of methoxy groups -OCH3 is 1. The summed E-state index contributed by atoms with van der Waals surface area (Å²) in [6.07, 6.45) is 1.57. The first kappa shape index (κ1) is 18.4. The molecule has 27 heavy (non-hydrogen) atoms. The number of nitrogens with one attached hydrogen (secondary N) is 2. The smallest absolute Gasteiger partial charge is 0.274 e. The monoisotopic (exact) mass is 362 g/mol. The van der Waals surface area contributed by atoms with E-state index < -0.39 is 0 Å². The van der Waals surface area contributed by atoms with E-state index in [1.54, 1.807) is 19.4 Å². The number of hydrogen-bond donors (Lipinski definition) is 2. The minimum atomic E-state index is -0.268. The van der Waals surface area contributed by atoms with Crippen LogP contribution in [-0.2, 0) is 6.54 Å². The van der Waals surface area contributed by atoms with Gasteiger partial charge in [-0.1, -0.05) is 36.4 Å². The molecule has 0 unspecified atom stereocenters. The SMILES string of the molecule is COc1ccccc1CNc1nccc(C(=O)Nc2c(C)cccc2C)n1. The van der Waals surface area contributed by atoms with E-state index in [0.717, 1.165) is 28.1 Å². The zero-order chi connectivity index (χ0) is 19.2. The third-order valence-corrected chi connectivity index (χ3v) is 4.24. The van der Waals surface area contributed by atoms with Gasteiger partial charge in [-0.15, -0.1) is 0 Å². The van der Waals surface area contributed by atoms with Crippen LogP contribution >= 0.6 is 0 Å². The van der Waals surface area contributed by atoms with Gasteiger partial charge in [0.2, 0.25) is 5.95 Å². The number of benzene rings is 2. The van der Waals surface area contributed by atoms with E-state index in [1.165, 1.54) is 0 Å². The molecule has 0 fully saturated rings. The summed E-state index contributed by atoms with van der Waals surface area (Å²) in [6.45, 7) is 4.41. The average molecular weight is 362 g/mol. The van der Waals surface area contributed by atoms with E-state index in [0.29, 0.717) is 18.2 Å². The maximum absolute atomic E-state index is 12.6. The van der Waals surface area contributed by atoms with E-state index >= 15 is 0 Å². The van der Waals surface area contributed by atoms with Gasteiger partial charge in [0.1, 0.15) is 11.4 Å². The number of carbonyl (C=O) groups is 1. The number of aromatic nitrogens is 2. The standard InChI is InChI=1S/C21H22N4O2/c1-14-7-6-8-15(2)19(14)25-20(26)17-11-12-22-21(24-17)23-13-16-9-4-5-10-18(16)27-3/h4-12H,13H2,1-3H3,(H,25,26)(H,22,23,24). The van der Waals surface area contributed by atoms with Crippen molar-refractivity contribution in [3.05, 3.63) is 77.1 Å². The van der Waals surface area contributed by atoms with Crippen molar-refractivity contribution in [1.82, 2.24) is 9.97 Å². The Balaban J connectivity index is 1.72. The summed E-state index contributed by atoms with van der Waals surface area (Å²) in [7, 11) is 1.63. The fourth-order valence-electron chi connectivity index (χ4n) is 2.78. The second-order valence-corrected chi connectivity index (χ2v) is 6.15. The molecule has 0 radical (unpaired) electrons. The molecule has 0 aliphatic carbocycles. The lowest BCUT2D eigenvalue weighted by molar-refractivity contribution is 0.102. The first-order valence-electron chi connectivity index (χ1n) is 8.65. The number of aryl methyl sites for hydroxylation is 2. The van der Waals surface area contributed by atoms with Crippen molar-refractivity contribution >= 4 is 17.5 Å². The average Bonchev–Trinajstić information content (AvgIpc) is 2.69. The van der Waals surface area contributed by atoms with Gasteiger partial charge >= 0.3 is 0 Å². The molecule has 2 aromatic carbocycles. The quantitative estimate of drug-likeness (QED) is 0.694. The summed E-state index contributed by atoms with van der Waals surface area (Å²) in [5, 5.41) is 6.07. The highest BCUT2D eigenvalue weighted by molar-refractivity contribution is 6.03. The van der Waals surface area contributed by atoms with Gasteiger partial charge in [0.25, 0.3) is 5.91 Å². The van der Waals surface area contributed by atoms with Crippen LogP contribution in [-0.4, -0.2) is 23.0 Å². The third-order valence-electron chi connectivity index (χ3n) is 4.24. The van der Waals surface area contributed by atoms with Gasteiger partial charge in [0.05, 0.1) is 7.11 Å². The molecule has 1 heterocycles. The summed E-state index contributed by atoms with van der Waals surface area (Å²) < 4.78 is 5.34. The minimum Gasteiger partial charge on any atom is -0.496 e. The highest BCUT2D eigenvalue weighted by atomic mass is 16.5. The summed E-state index contributed by atoms with van der Waals surface area (Å²) in [5.74, 6) is 0.902. The van der Waals surface area contributed by atoms with Gasteiger partial charge in [0, 0.05) is 24.0 Å². The third kappa shape index (κ3) is 4.41. The Kier molecular flexibility index (Phi) is 5.66. The molecule has 2 N–H and O–H groups in total. The lowest BCUT2D eigenvalue weighted by Gasteiger charge is -2.12. The van der Waals surface area contributed by atoms with Gasteiger partial charge in [-0.25, -0.2) is 9.97 Å². The van der Waals surface area contributed by atoms with Crippen molar-refractivity contribution in [3.63, 3.8) is 0 Å². The van der Waals surface area contributed by atoms with E-state index in [2.05, 4.69) is 20.6 Å². The number of amides is 1. The molecular formula is C21H22N4O2. The Morgan fingerprint density at radius 1 is 1.04 bits per heavy atom. The molecule has 0 aliphatic heterocycles. The van der Waals surface area contributed by atoms with Gasteiger partial charge in [-0.3, -0.25) is 4.79 Å². The van der Waals surface area contributed by atoms with Crippen LogP contribution in [0.25, 0.3) is 0 Å². The molecule has 0 saturated carbocycles. The first-order chi connectivity index (χ1) is 13.1. The van der Waals surface area contributed by atoms with Crippen molar-refractivity contribution in [2.75, 3.05) is 17.7 Å². The first-order valence-corrected chi connectivity index (χ1v) is 8.65. The Morgan fingerprint density at radius 2 is 1.78 bits per heavy atom. The van der Waals surface area contributed by atoms with Gasteiger partial charge in [-0.05, 0) is 37.1 Å². The molecule has 0 saturated heterocycles. The molecule has 0 atom stereocenters. The van der Waals surface area contributed by atoms with Crippen molar-refractivity contribution in [2.24, 2.45) is 0 Å². The van der Waals surface area contributed by atoms with Crippen LogP contribution < -0.4 is 15.4 Å². The Bertz CT molecular complexity index is 936. The lowest BCUT2D eigenvalue weighted by atomic mass is 10.1. The van der Waals surface area contributed by atoms with Gasteiger partial charge < -0.3 is 15.4 Å². The van der Waals surface area contributed by atoms with Crippen LogP contribution in [0.4, 0.5) is 11.6 Å². The number of nitrogens with zero attached hydrogens (tertiary/aromatic N) is 2. The maximum Gasteiger partial charge on any atom is 0.274 e. The number of anilines is 2. The molecule has 6 nitrogen and oxygen atoms in total. The van der Waals surface area contributed by atoms with E-state index in [4.69, 9.17) is 4.74 Å². The molecule has 0 aliphatic rings. The van der Waals surface area contributed by atoms with Crippen LogP contribution in [0.5, 0.6) is 5.75 Å².